The van der Waals surface area contributed by atoms with Crippen LogP contribution in [0.15, 0.2) is 30.3 Å². The summed E-state index contributed by atoms with van der Waals surface area (Å²) in [6.45, 7) is 1.40. The Balaban J connectivity index is 1.11. The Labute approximate surface area is 194 Å². The smallest absolute Gasteiger partial charge is 0.258 e. The Morgan fingerprint density at radius 3 is 2.53 bits per heavy atom. The van der Waals surface area contributed by atoms with E-state index in [1.807, 2.05) is 0 Å². The van der Waals surface area contributed by atoms with Crippen LogP contribution in [0.5, 0.6) is 11.5 Å². The molecule has 1 heterocycles. The molecule has 180 valence electrons. The molecule has 2 atom stereocenters. The molecule has 6 nitrogen and oxygen atoms in total. The first kappa shape index (κ1) is 22.7. The third kappa shape index (κ3) is 4.02. The van der Waals surface area contributed by atoms with E-state index in [1.165, 1.54) is 6.07 Å². The van der Waals surface area contributed by atoms with Crippen molar-refractivity contribution >= 4 is 11.7 Å². The van der Waals surface area contributed by atoms with E-state index < -0.39 is 29.7 Å². The number of rotatable bonds is 7. The standard InChI is InChI=1S/C25H24F3NO5/c1-13-2-3-14(4-16(13)26)33-9-23(32)29-25-10-24(11-25,12-25)8-20(31)22-7-19(30)15-5-17(27)18(28)6-21(15)34-22/h2-6,19,22,30H,7-12H2,1H3,(H,29,32). The maximum absolute atomic E-state index is 13.6. The predicted octanol–water partition coefficient (Wildman–Crippen LogP) is 3.67. The summed E-state index contributed by atoms with van der Waals surface area (Å²) in [4.78, 5) is 25.1. The number of aliphatic hydroxyl groups excluding tert-OH is 1. The van der Waals surface area contributed by atoms with Crippen LogP contribution in [-0.4, -0.2) is 35.0 Å². The molecule has 0 saturated heterocycles. The molecule has 3 fully saturated rings. The number of amides is 1. The molecule has 0 spiro atoms. The van der Waals surface area contributed by atoms with Gasteiger partial charge in [-0.05, 0) is 49.3 Å². The molecule has 3 aliphatic carbocycles. The van der Waals surface area contributed by atoms with Crippen molar-refractivity contribution in [2.24, 2.45) is 5.41 Å². The lowest BCUT2D eigenvalue weighted by Crippen LogP contribution is -2.75. The molecular weight excluding hydrogens is 451 g/mol. The highest BCUT2D eigenvalue weighted by Crippen LogP contribution is 2.69. The van der Waals surface area contributed by atoms with Gasteiger partial charge in [0.25, 0.3) is 5.91 Å². The van der Waals surface area contributed by atoms with Crippen molar-refractivity contribution in [2.45, 2.75) is 56.8 Å². The number of carbonyl (C=O) groups is 2. The SMILES string of the molecule is Cc1ccc(OCC(=O)NC23CC(CC(=O)C4CC(O)c5cc(F)c(F)cc5O4)(C2)C3)cc1F. The fraction of sp³-hybridized carbons (Fsp3) is 0.440. The molecule has 3 saturated carbocycles. The highest BCUT2D eigenvalue weighted by atomic mass is 19.2. The van der Waals surface area contributed by atoms with E-state index in [4.69, 9.17) is 9.47 Å². The van der Waals surface area contributed by atoms with E-state index in [1.54, 1.807) is 19.1 Å². The van der Waals surface area contributed by atoms with E-state index in [2.05, 4.69) is 5.32 Å². The number of aryl methyl sites for hydroxylation is 1. The van der Waals surface area contributed by atoms with E-state index in [9.17, 15) is 27.9 Å². The predicted molar refractivity (Wildman–Crippen MR) is 114 cm³/mol. The molecule has 0 radical (unpaired) electrons. The highest BCUT2D eigenvalue weighted by molar-refractivity contribution is 5.85. The average molecular weight is 475 g/mol. The molecule has 1 aliphatic heterocycles. The van der Waals surface area contributed by atoms with Crippen LogP contribution in [-0.2, 0) is 9.59 Å². The lowest BCUT2D eigenvalue weighted by atomic mass is 9.38. The summed E-state index contributed by atoms with van der Waals surface area (Å²) in [5.41, 5.74) is 0.0301. The van der Waals surface area contributed by atoms with Crippen LogP contribution in [0.25, 0.3) is 0 Å². The van der Waals surface area contributed by atoms with Crippen LogP contribution in [0.1, 0.15) is 49.3 Å². The van der Waals surface area contributed by atoms with E-state index in [0.717, 1.165) is 12.1 Å². The molecule has 6 rings (SSSR count). The van der Waals surface area contributed by atoms with Gasteiger partial charge in [0, 0.05) is 36.1 Å². The minimum Gasteiger partial charge on any atom is -0.484 e. The number of Topliss-reactive ketones (excluding diaryl/α,β-unsaturated/α-hetero) is 1. The maximum atomic E-state index is 13.6. The second-order valence-corrected chi connectivity index (χ2v) is 9.86. The minimum atomic E-state index is -1.12. The number of carbonyl (C=O) groups excluding carboxylic acids is 2. The number of aliphatic hydroxyl groups is 1. The van der Waals surface area contributed by atoms with Crippen LogP contribution in [0.4, 0.5) is 13.2 Å². The van der Waals surface area contributed by atoms with Crippen molar-refractivity contribution in [1.82, 2.24) is 5.32 Å². The third-order valence-electron chi connectivity index (χ3n) is 7.08. The second-order valence-electron chi connectivity index (χ2n) is 9.86. The molecule has 2 bridgehead atoms. The van der Waals surface area contributed by atoms with Crippen LogP contribution in [0.2, 0.25) is 0 Å². The molecule has 4 aliphatic rings. The zero-order chi connectivity index (χ0) is 24.3. The lowest BCUT2D eigenvalue weighted by molar-refractivity contribution is -0.175. The molecule has 9 heteroatoms. The Morgan fingerprint density at radius 1 is 1.12 bits per heavy atom. The quantitative estimate of drug-likeness (QED) is 0.639. The molecule has 2 N–H and O–H groups in total. The molecular formula is C25H24F3NO5. The molecule has 1 amide bonds. The monoisotopic (exact) mass is 475 g/mol. The number of halogens is 3. The molecule has 0 aromatic heterocycles. The van der Waals surface area contributed by atoms with Crippen molar-refractivity contribution in [2.75, 3.05) is 6.61 Å². The summed E-state index contributed by atoms with van der Waals surface area (Å²) in [6, 6.07) is 6.15. The van der Waals surface area contributed by atoms with Gasteiger partial charge >= 0.3 is 0 Å². The number of hydrogen-bond acceptors (Lipinski definition) is 5. The van der Waals surface area contributed by atoms with Gasteiger partial charge in [-0.3, -0.25) is 9.59 Å². The summed E-state index contributed by atoms with van der Waals surface area (Å²) < 4.78 is 51.5. The van der Waals surface area contributed by atoms with E-state index in [-0.39, 0.29) is 59.2 Å². The van der Waals surface area contributed by atoms with Gasteiger partial charge in [0.15, 0.2) is 30.1 Å². The lowest BCUT2D eigenvalue weighted by Gasteiger charge is -2.70. The number of ether oxygens (including phenoxy) is 2. The van der Waals surface area contributed by atoms with Crippen LogP contribution >= 0.6 is 0 Å². The van der Waals surface area contributed by atoms with Gasteiger partial charge in [-0.1, -0.05) is 6.07 Å². The van der Waals surface area contributed by atoms with Crippen LogP contribution in [0, 0.1) is 29.8 Å². The number of fused-ring (bicyclic) bond motifs is 1. The third-order valence-corrected chi connectivity index (χ3v) is 7.08. The van der Waals surface area contributed by atoms with Crippen molar-refractivity contribution in [3.8, 4) is 11.5 Å². The van der Waals surface area contributed by atoms with E-state index >= 15 is 0 Å². The van der Waals surface area contributed by atoms with Gasteiger partial charge < -0.3 is 19.9 Å². The first-order valence-corrected chi connectivity index (χ1v) is 11.1. The van der Waals surface area contributed by atoms with Gasteiger partial charge in [-0.25, -0.2) is 13.2 Å². The molecule has 2 aromatic carbocycles. The van der Waals surface area contributed by atoms with Gasteiger partial charge in [0.1, 0.15) is 17.3 Å². The van der Waals surface area contributed by atoms with Crippen molar-refractivity contribution in [3.05, 3.63) is 58.9 Å². The summed E-state index contributed by atoms with van der Waals surface area (Å²) in [7, 11) is 0. The van der Waals surface area contributed by atoms with Crippen molar-refractivity contribution in [1.29, 1.82) is 0 Å². The second kappa shape index (κ2) is 8.01. The fourth-order valence-corrected chi connectivity index (χ4v) is 5.58. The minimum absolute atomic E-state index is 0.0220. The zero-order valence-corrected chi connectivity index (χ0v) is 18.5. The summed E-state index contributed by atoms with van der Waals surface area (Å²) in [6.07, 6.45) is 0.0719. The number of benzene rings is 2. The Morgan fingerprint density at radius 2 is 1.82 bits per heavy atom. The van der Waals surface area contributed by atoms with Crippen molar-refractivity contribution in [3.63, 3.8) is 0 Å². The summed E-state index contributed by atoms with van der Waals surface area (Å²) in [5.74, 6) is -2.86. The van der Waals surface area contributed by atoms with E-state index in [0.29, 0.717) is 24.8 Å². The van der Waals surface area contributed by atoms with Crippen molar-refractivity contribution < 1.29 is 37.3 Å². The molecule has 34 heavy (non-hydrogen) atoms. The molecule has 2 aromatic rings. The van der Waals surface area contributed by atoms with Crippen LogP contribution < -0.4 is 14.8 Å². The summed E-state index contributed by atoms with van der Waals surface area (Å²) in [5, 5.41) is 13.2. The normalized spacial score (nSPS) is 28.6. The largest absolute Gasteiger partial charge is 0.484 e. The first-order valence-electron chi connectivity index (χ1n) is 11.1. The first-order chi connectivity index (χ1) is 16.1. The Bertz CT molecular complexity index is 1160. The number of hydrogen-bond donors (Lipinski definition) is 2. The highest BCUT2D eigenvalue weighted by Gasteiger charge is 2.68. The average Bonchev–Trinajstić information content (AvgIpc) is 2.73. The van der Waals surface area contributed by atoms with Gasteiger partial charge in [-0.2, -0.15) is 0 Å². The zero-order valence-electron chi connectivity index (χ0n) is 18.5. The van der Waals surface area contributed by atoms with Gasteiger partial charge in [-0.15, -0.1) is 0 Å². The summed E-state index contributed by atoms with van der Waals surface area (Å²) >= 11 is 0. The fourth-order valence-electron chi connectivity index (χ4n) is 5.58. The number of nitrogens with one attached hydrogen (secondary N) is 1. The van der Waals surface area contributed by atoms with Gasteiger partial charge in [0.2, 0.25) is 0 Å². The molecule has 2 unspecified atom stereocenters. The Kier molecular flexibility index (Phi) is 5.35. The number of ketones is 1. The maximum Gasteiger partial charge on any atom is 0.258 e. The topological polar surface area (TPSA) is 84.9 Å². The van der Waals surface area contributed by atoms with Crippen LogP contribution in [0.3, 0.4) is 0 Å². The Hall–Kier alpha value is -3.07. The van der Waals surface area contributed by atoms with Gasteiger partial charge in [0.05, 0.1) is 6.10 Å².